The molecule has 0 aliphatic heterocycles. The first-order valence-corrected chi connectivity index (χ1v) is 4.91. The Kier molecular flexibility index (Phi) is 3.47. The number of nitrogens with two attached hydrogens (primary N) is 1. The van der Waals surface area contributed by atoms with Crippen LogP contribution in [0, 0.1) is 6.92 Å². The number of hydrogen-bond acceptors (Lipinski definition) is 3. The van der Waals surface area contributed by atoms with Crippen LogP contribution in [0.3, 0.4) is 0 Å². The standard InChI is InChI=1S/C11H18N2O/c1-7-4-5-13-11(12)10(7)8(2)6-9(3)14/h4-5,8-9,14H,6H2,1-3H3,(H2,12,13). The van der Waals surface area contributed by atoms with Crippen molar-refractivity contribution in [1.82, 2.24) is 4.98 Å². The van der Waals surface area contributed by atoms with E-state index in [9.17, 15) is 5.11 Å². The molecule has 0 saturated heterocycles. The van der Waals surface area contributed by atoms with Gasteiger partial charge in [0.2, 0.25) is 0 Å². The van der Waals surface area contributed by atoms with Crippen molar-refractivity contribution in [1.29, 1.82) is 0 Å². The van der Waals surface area contributed by atoms with Crippen molar-refractivity contribution in [2.24, 2.45) is 0 Å². The predicted octanol–water partition coefficient (Wildman–Crippen LogP) is 1.85. The fourth-order valence-electron chi connectivity index (χ4n) is 1.86. The summed E-state index contributed by atoms with van der Waals surface area (Å²) in [6, 6.07) is 1.95. The number of hydrogen-bond donors (Lipinski definition) is 2. The van der Waals surface area contributed by atoms with Gasteiger partial charge in [-0.2, -0.15) is 0 Å². The van der Waals surface area contributed by atoms with Gasteiger partial charge in [-0.15, -0.1) is 0 Å². The van der Waals surface area contributed by atoms with Crippen LogP contribution in [0.15, 0.2) is 12.3 Å². The third-order valence-electron chi connectivity index (χ3n) is 2.43. The van der Waals surface area contributed by atoms with Crippen LogP contribution in [0.4, 0.5) is 5.82 Å². The molecule has 1 rings (SSSR count). The molecule has 0 fully saturated rings. The molecule has 0 aliphatic carbocycles. The maximum Gasteiger partial charge on any atom is 0.127 e. The Balaban J connectivity index is 2.94. The van der Waals surface area contributed by atoms with Crippen molar-refractivity contribution >= 4 is 5.82 Å². The molecule has 1 aromatic heterocycles. The average Bonchev–Trinajstić information content (AvgIpc) is 2.01. The molecule has 78 valence electrons. The van der Waals surface area contributed by atoms with Crippen molar-refractivity contribution in [2.75, 3.05) is 5.73 Å². The van der Waals surface area contributed by atoms with E-state index in [1.54, 1.807) is 13.1 Å². The van der Waals surface area contributed by atoms with E-state index in [4.69, 9.17) is 5.73 Å². The summed E-state index contributed by atoms with van der Waals surface area (Å²) < 4.78 is 0. The van der Waals surface area contributed by atoms with Crippen molar-refractivity contribution in [3.63, 3.8) is 0 Å². The molecule has 0 amide bonds. The minimum Gasteiger partial charge on any atom is -0.393 e. The Hall–Kier alpha value is -1.09. The van der Waals surface area contributed by atoms with Gasteiger partial charge in [-0.05, 0) is 37.8 Å². The lowest BCUT2D eigenvalue weighted by molar-refractivity contribution is 0.176. The molecule has 3 N–H and O–H groups in total. The van der Waals surface area contributed by atoms with Gasteiger partial charge in [0.15, 0.2) is 0 Å². The molecule has 0 aliphatic rings. The second-order valence-corrected chi connectivity index (χ2v) is 3.91. The summed E-state index contributed by atoms with van der Waals surface area (Å²) in [6.45, 7) is 5.87. The molecule has 2 atom stereocenters. The summed E-state index contributed by atoms with van der Waals surface area (Å²) in [4.78, 5) is 4.06. The first-order valence-electron chi connectivity index (χ1n) is 4.91. The Labute approximate surface area is 85.0 Å². The van der Waals surface area contributed by atoms with Crippen LogP contribution in [0.25, 0.3) is 0 Å². The highest BCUT2D eigenvalue weighted by molar-refractivity contribution is 5.46. The summed E-state index contributed by atoms with van der Waals surface area (Å²) in [5, 5.41) is 9.30. The highest BCUT2D eigenvalue weighted by atomic mass is 16.3. The fraction of sp³-hybridized carbons (Fsp3) is 0.545. The molecule has 14 heavy (non-hydrogen) atoms. The Morgan fingerprint density at radius 3 is 2.64 bits per heavy atom. The third kappa shape index (κ3) is 2.45. The predicted molar refractivity (Wildman–Crippen MR) is 58.1 cm³/mol. The second-order valence-electron chi connectivity index (χ2n) is 3.91. The zero-order chi connectivity index (χ0) is 10.7. The van der Waals surface area contributed by atoms with Crippen molar-refractivity contribution < 1.29 is 5.11 Å². The zero-order valence-electron chi connectivity index (χ0n) is 8.99. The van der Waals surface area contributed by atoms with Gasteiger partial charge in [-0.1, -0.05) is 6.92 Å². The normalized spacial score (nSPS) is 15.1. The van der Waals surface area contributed by atoms with E-state index in [-0.39, 0.29) is 12.0 Å². The van der Waals surface area contributed by atoms with Gasteiger partial charge >= 0.3 is 0 Å². The summed E-state index contributed by atoms with van der Waals surface area (Å²) >= 11 is 0. The molecular weight excluding hydrogens is 176 g/mol. The number of aliphatic hydroxyl groups is 1. The van der Waals surface area contributed by atoms with Gasteiger partial charge in [0, 0.05) is 11.8 Å². The molecule has 0 aromatic carbocycles. The van der Waals surface area contributed by atoms with Crippen LogP contribution in [-0.4, -0.2) is 16.2 Å². The largest absolute Gasteiger partial charge is 0.393 e. The van der Waals surface area contributed by atoms with E-state index >= 15 is 0 Å². The molecule has 0 radical (unpaired) electrons. The third-order valence-corrected chi connectivity index (χ3v) is 2.43. The summed E-state index contributed by atoms with van der Waals surface area (Å²) in [5.74, 6) is 0.835. The molecule has 1 aromatic rings. The van der Waals surface area contributed by atoms with E-state index in [1.165, 1.54) is 0 Å². The molecule has 1 heterocycles. The molecule has 2 unspecified atom stereocenters. The zero-order valence-corrected chi connectivity index (χ0v) is 8.99. The highest BCUT2D eigenvalue weighted by Crippen LogP contribution is 2.27. The molecule has 0 spiro atoms. The van der Waals surface area contributed by atoms with E-state index in [1.807, 2.05) is 13.0 Å². The molecule has 0 saturated carbocycles. The topological polar surface area (TPSA) is 59.1 Å². The number of rotatable bonds is 3. The van der Waals surface area contributed by atoms with Crippen molar-refractivity contribution in [2.45, 2.75) is 39.2 Å². The molecule has 0 bridgehead atoms. The van der Waals surface area contributed by atoms with E-state index in [0.717, 1.165) is 17.5 Å². The van der Waals surface area contributed by atoms with Crippen LogP contribution < -0.4 is 5.73 Å². The van der Waals surface area contributed by atoms with Gasteiger partial charge in [0.05, 0.1) is 6.10 Å². The van der Waals surface area contributed by atoms with Gasteiger partial charge in [0.1, 0.15) is 5.82 Å². The van der Waals surface area contributed by atoms with Gasteiger partial charge in [-0.3, -0.25) is 0 Å². The highest BCUT2D eigenvalue weighted by Gasteiger charge is 2.14. The quantitative estimate of drug-likeness (QED) is 0.772. The molecular formula is C11H18N2O. The van der Waals surface area contributed by atoms with Gasteiger partial charge in [0.25, 0.3) is 0 Å². The molecule has 3 heteroatoms. The average molecular weight is 194 g/mol. The van der Waals surface area contributed by atoms with Crippen molar-refractivity contribution in [3.8, 4) is 0 Å². The minimum atomic E-state index is -0.302. The Morgan fingerprint density at radius 2 is 2.14 bits per heavy atom. The lowest BCUT2D eigenvalue weighted by Crippen LogP contribution is -2.10. The monoisotopic (exact) mass is 194 g/mol. The Morgan fingerprint density at radius 1 is 1.50 bits per heavy atom. The van der Waals surface area contributed by atoms with E-state index in [0.29, 0.717) is 5.82 Å². The summed E-state index contributed by atoms with van der Waals surface area (Å²) in [5.41, 5.74) is 8.01. The van der Waals surface area contributed by atoms with E-state index in [2.05, 4.69) is 11.9 Å². The van der Waals surface area contributed by atoms with Crippen LogP contribution in [0.1, 0.15) is 37.3 Å². The lowest BCUT2D eigenvalue weighted by Gasteiger charge is -2.17. The second kappa shape index (κ2) is 4.42. The lowest BCUT2D eigenvalue weighted by atomic mass is 9.92. The number of aromatic nitrogens is 1. The summed E-state index contributed by atoms with van der Waals surface area (Å²) in [6.07, 6.45) is 2.13. The number of aryl methyl sites for hydroxylation is 1. The SMILES string of the molecule is Cc1ccnc(N)c1C(C)CC(C)O. The van der Waals surface area contributed by atoms with Crippen LogP contribution in [-0.2, 0) is 0 Å². The van der Waals surface area contributed by atoms with Gasteiger partial charge in [-0.25, -0.2) is 4.98 Å². The first kappa shape index (κ1) is 11.0. The van der Waals surface area contributed by atoms with Crippen LogP contribution in [0.5, 0.6) is 0 Å². The molecule has 3 nitrogen and oxygen atoms in total. The maximum atomic E-state index is 9.30. The maximum absolute atomic E-state index is 9.30. The van der Waals surface area contributed by atoms with Crippen LogP contribution in [0.2, 0.25) is 0 Å². The minimum absolute atomic E-state index is 0.253. The number of nitrogens with zero attached hydrogens (tertiary/aromatic N) is 1. The van der Waals surface area contributed by atoms with Crippen molar-refractivity contribution in [3.05, 3.63) is 23.4 Å². The number of nitrogen functional groups attached to an aromatic ring is 1. The summed E-state index contributed by atoms with van der Waals surface area (Å²) in [7, 11) is 0. The van der Waals surface area contributed by atoms with Gasteiger partial charge < -0.3 is 10.8 Å². The van der Waals surface area contributed by atoms with Crippen LogP contribution >= 0.6 is 0 Å². The van der Waals surface area contributed by atoms with E-state index < -0.39 is 0 Å². The smallest absolute Gasteiger partial charge is 0.127 e. The Bertz CT molecular complexity index is 290. The number of anilines is 1. The number of pyridine rings is 1. The first-order chi connectivity index (χ1) is 6.52. The fourth-order valence-corrected chi connectivity index (χ4v) is 1.86. The number of aliphatic hydroxyl groups excluding tert-OH is 1.